The number of hydrogen-bond acceptors (Lipinski definition) is 6. The average Bonchev–Trinajstić information content (AvgIpc) is 3.02. The van der Waals surface area contributed by atoms with Gasteiger partial charge in [0.15, 0.2) is 0 Å². The Bertz CT molecular complexity index is 1070. The number of carbonyl (C=O) groups is 1. The summed E-state index contributed by atoms with van der Waals surface area (Å²) in [6.07, 6.45) is 1.87. The molecule has 28 heavy (non-hydrogen) atoms. The van der Waals surface area contributed by atoms with Gasteiger partial charge in [0, 0.05) is 44.5 Å². The van der Waals surface area contributed by atoms with E-state index in [-0.39, 0.29) is 11.5 Å². The monoisotopic (exact) mass is 381 g/mol. The third-order valence-electron chi connectivity index (χ3n) is 5.41. The van der Waals surface area contributed by atoms with E-state index in [1.165, 1.54) is 4.57 Å². The lowest BCUT2D eigenvalue weighted by molar-refractivity contribution is -0.130. The Hall–Kier alpha value is -3.16. The zero-order valence-electron chi connectivity index (χ0n) is 16.3. The Morgan fingerprint density at radius 3 is 2.61 bits per heavy atom. The van der Waals surface area contributed by atoms with E-state index in [1.807, 2.05) is 36.9 Å². The molecule has 1 aliphatic heterocycles. The van der Waals surface area contributed by atoms with Crippen molar-refractivity contribution in [2.75, 3.05) is 31.1 Å². The van der Waals surface area contributed by atoms with Gasteiger partial charge >= 0.3 is 0 Å². The molecule has 8 heteroatoms. The molecular formula is C20H23N5O3. The molecule has 1 aromatic carbocycles. The van der Waals surface area contributed by atoms with Crippen molar-refractivity contribution < 1.29 is 9.32 Å². The number of amides is 1. The Kier molecular flexibility index (Phi) is 4.62. The highest BCUT2D eigenvalue weighted by molar-refractivity contribution is 5.82. The van der Waals surface area contributed by atoms with Crippen LogP contribution < -0.4 is 10.5 Å². The topological polar surface area (TPSA) is 84.5 Å². The van der Waals surface area contributed by atoms with E-state index >= 15 is 0 Å². The van der Waals surface area contributed by atoms with Crippen molar-refractivity contribution in [3.63, 3.8) is 0 Å². The van der Waals surface area contributed by atoms with Gasteiger partial charge in [-0.15, -0.1) is 0 Å². The van der Waals surface area contributed by atoms with Crippen LogP contribution in [0.25, 0.3) is 10.9 Å². The molecule has 146 valence electrons. The zero-order chi connectivity index (χ0) is 19.8. The molecule has 0 N–H and O–H groups in total. The van der Waals surface area contributed by atoms with Crippen LogP contribution in [0, 0.1) is 13.8 Å². The Morgan fingerprint density at radius 2 is 1.93 bits per heavy atom. The number of anilines is 1. The first-order valence-corrected chi connectivity index (χ1v) is 9.34. The molecule has 0 saturated carbocycles. The standard InChI is InChI=1S/C20H23N5O3/c1-13-17(14(2)28-22-13)11-19(26)25-8-6-24(7-9-25)15-4-5-16-18(10-15)21-12-23(3)20(16)27/h4-5,10,12H,6-9,11H2,1-3H3. The molecule has 1 aliphatic rings. The van der Waals surface area contributed by atoms with E-state index < -0.39 is 0 Å². The maximum absolute atomic E-state index is 12.6. The number of carbonyl (C=O) groups excluding carboxylic acids is 1. The Labute approximate surface area is 162 Å². The first-order valence-electron chi connectivity index (χ1n) is 9.34. The molecule has 0 atom stereocenters. The third kappa shape index (κ3) is 3.26. The fourth-order valence-corrected chi connectivity index (χ4v) is 3.63. The minimum absolute atomic E-state index is 0.0497. The Morgan fingerprint density at radius 1 is 1.18 bits per heavy atom. The highest BCUT2D eigenvalue weighted by atomic mass is 16.5. The summed E-state index contributed by atoms with van der Waals surface area (Å²) in [5.74, 6) is 0.803. The van der Waals surface area contributed by atoms with E-state index in [0.29, 0.717) is 36.2 Å². The lowest BCUT2D eigenvalue weighted by Gasteiger charge is -2.36. The van der Waals surface area contributed by atoms with Crippen molar-refractivity contribution in [1.82, 2.24) is 19.6 Å². The minimum Gasteiger partial charge on any atom is -0.368 e. The molecule has 8 nitrogen and oxygen atoms in total. The summed E-state index contributed by atoms with van der Waals surface area (Å²) in [6, 6.07) is 5.72. The second kappa shape index (κ2) is 7.10. The van der Waals surface area contributed by atoms with E-state index in [4.69, 9.17) is 4.52 Å². The first-order chi connectivity index (χ1) is 13.4. The molecule has 0 aliphatic carbocycles. The molecule has 0 bridgehead atoms. The molecule has 0 unspecified atom stereocenters. The van der Waals surface area contributed by atoms with Crippen molar-refractivity contribution in [1.29, 1.82) is 0 Å². The fourth-order valence-electron chi connectivity index (χ4n) is 3.63. The zero-order valence-corrected chi connectivity index (χ0v) is 16.3. The fraction of sp³-hybridized carbons (Fsp3) is 0.400. The summed E-state index contributed by atoms with van der Waals surface area (Å²) < 4.78 is 6.63. The number of hydrogen-bond donors (Lipinski definition) is 0. The van der Waals surface area contributed by atoms with Crippen molar-refractivity contribution in [2.45, 2.75) is 20.3 Å². The van der Waals surface area contributed by atoms with Gasteiger partial charge in [0.25, 0.3) is 5.56 Å². The lowest BCUT2D eigenvalue weighted by atomic mass is 10.1. The number of rotatable bonds is 3. The minimum atomic E-state index is -0.0497. The maximum Gasteiger partial charge on any atom is 0.260 e. The number of aromatic nitrogens is 3. The SMILES string of the molecule is Cc1noc(C)c1CC(=O)N1CCN(c2ccc3c(=O)n(C)cnc3c2)CC1. The van der Waals surface area contributed by atoms with Crippen LogP contribution in [-0.2, 0) is 18.3 Å². The van der Waals surface area contributed by atoms with Crippen LogP contribution in [0.1, 0.15) is 17.0 Å². The van der Waals surface area contributed by atoms with Crippen LogP contribution in [-0.4, -0.2) is 51.7 Å². The van der Waals surface area contributed by atoms with Crippen LogP contribution in [0.5, 0.6) is 0 Å². The summed E-state index contributed by atoms with van der Waals surface area (Å²) in [4.78, 5) is 33.3. The van der Waals surface area contributed by atoms with Gasteiger partial charge in [-0.25, -0.2) is 4.98 Å². The molecule has 0 radical (unpaired) electrons. The normalized spacial score (nSPS) is 14.7. The van der Waals surface area contributed by atoms with Crippen LogP contribution in [0.4, 0.5) is 5.69 Å². The molecule has 1 saturated heterocycles. The van der Waals surface area contributed by atoms with Crippen LogP contribution in [0.15, 0.2) is 33.8 Å². The summed E-state index contributed by atoms with van der Waals surface area (Å²) in [6.45, 7) is 6.49. The summed E-state index contributed by atoms with van der Waals surface area (Å²) in [7, 11) is 1.70. The average molecular weight is 381 g/mol. The van der Waals surface area contributed by atoms with Crippen LogP contribution in [0.2, 0.25) is 0 Å². The number of fused-ring (bicyclic) bond motifs is 1. The van der Waals surface area contributed by atoms with Crippen LogP contribution >= 0.6 is 0 Å². The van der Waals surface area contributed by atoms with Gasteiger partial charge in [-0.1, -0.05) is 5.16 Å². The smallest absolute Gasteiger partial charge is 0.260 e. The molecule has 3 heterocycles. The highest BCUT2D eigenvalue weighted by Crippen LogP contribution is 2.21. The molecule has 1 amide bonds. The summed E-state index contributed by atoms with van der Waals surface area (Å²) in [5, 5.41) is 4.53. The number of aryl methyl sites for hydroxylation is 3. The molecular weight excluding hydrogens is 358 g/mol. The van der Waals surface area contributed by atoms with Crippen molar-refractivity contribution in [3.8, 4) is 0 Å². The molecule has 4 rings (SSSR count). The van der Waals surface area contributed by atoms with Gasteiger partial charge in [0.1, 0.15) is 5.76 Å². The van der Waals surface area contributed by atoms with Crippen molar-refractivity contribution >= 4 is 22.5 Å². The van der Waals surface area contributed by atoms with E-state index in [9.17, 15) is 9.59 Å². The van der Waals surface area contributed by atoms with Gasteiger partial charge in [-0.05, 0) is 32.0 Å². The van der Waals surface area contributed by atoms with Crippen molar-refractivity contribution in [2.24, 2.45) is 7.05 Å². The second-order valence-corrected chi connectivity index (χ2v) is 7.21. The number of piperazine rings is 1. The van der Waals surface area contributed by atoms with E-state index in [1.54, 1.807) is 13.4 Å². The second-order valence-electron chi connectivity index (χ2n) is 7.21. The van der Waals surface area contributed by atoms with Gasteiger partial charge in [-0.2, -0.15) is 0 Å². The molecule has 2 aromatic heterocycles. The van der Waals surface area contributed by atoms with E-state index in [0.717, 1.165) is 30.0 Å². The third-order valence-corrected chi connectivity index (χ3v) is 5.41. The lowest BCUT2D eigenvalue weighted by Crippen LogP contribution is -2.49. The molecule has 1 fully saturated rings. The van der Waals surface area contributed by atoms with Gasteiger partial charge in [-0.3, -0.25) is 9.59 Å². The van der Waals surface area contributed by atoms with Gasteiger partial charge in [0.05, 0.1) is 29.3 Å². The predicted molar refractivity (Wildman–Crippen MR) is 105 cm³/mol. The van der Waals surface area contributed by atoms with Gasteiger partial charge in [0.2, 0.25) is 5.91 Å². The molecule has 0 spiro atoms. The first kappa shape index (κ1) is 18.2. The van der Waals surface area contributed by atoms with Crippen LogP contribution in [0.3, 0.4) is 0 Å². The largest absolute Gasteiger partial charge is 0.368 e. The summed E-state index contributed by atoms with van der Waals surface area (Å²) >= 11 is 0. The quantitative estimate of drug-likeness (QED) is 0.682. The van der Waals surface area contributed by atoms with E-state index in [2.05, 4.69) is 15.0 Å². The number of benzene rings is 1. The Balaban J connectivity index is 1.44. The highest BCUT2D eigenvalue weighted by Gasteiger charge is 2.23. The maximum atomic E-state index is 12.6. The molecule has 3 aromatic rings. The predicted octanol–water partition coefficient (Wildman–Crippen LogP) is 1.43. The number of nitrogens with zero attached hydrogens (tertiary/aromatic N) is 5. The summed E-state index contributed by atoms with van der Waals surface area (Å²) in [5.41, 5.74) is 3.32. The van der Waals surface area contributed by atoms with Crippen molar-refractivity contribution in [3.05, 3.63) is 51.9 Å². The van der Waals surface area contributed by atoms with Gasteiger partial charge < -0.3 is 18.9 Å².